The van der Waals surface area contributed by atoms with Crippen molar-refractivity contribution in [2.24, 2.45) is 5.73 Å². The van der Waals surface area contributed by atoms with E-state index < -0.39 is 5.60 Å². The van der Waals surface area contributed by atoms with Crippen LogP contribution in [0.15, 0.2) is 0 Å². The molecule has 0 amide bonds. The highest BCUT2D eigenvalue weighted by Crippen LogP contribution is 2.09. The molecule has 78 valence electrons. The normalized spacial score (nSPS) is 13.9. The molecule has 3 nitrogen and oxygen atoms in total. The van der Waals surface area contributed by atoms with Crippen LogP contribution in [0.2, 0.25) is 0 Å². The molecule has 0 heterocycles. The molecule has 0 aromatic heterocycles. The molecule has 0 saturated heterocycles. The molecule has 0 aliphatic heterocycles. The Kier molecular flexibility index (Phi) is 4.99. The first-order valence-electron chi connectivity index (χ1n) is 4.82. The maximum atomic E-state index is 11.2. The Balaban J connectivity index is 3.74. The zero-order valence-corrected chi connectivity index (χ0v) is 9.09. The minimum Gasteiger partial charge on any atom is -0.460 e. The minimum absolute atomic E-state index is 0.0557. The van der Waals surface area contributed by atoms with Gasteiger partial charge in [-0.2, -0.15) is 0 Å². The standard InChI is InChI=1S/C10H21NO2/c1-5-6-8(11)7-9(12)13-10(2,3)4/h8H,5-7,11H2,1-4H3/t8-/m0/s1. The second-order valence-electron chi connectivity index (χ2n) is 4.34. The van der Waals surface area contributed by atoms with Crippen LogP contribution in [-0.2, 0) is 9.53 Å². The zero-order chi connectivity index (χ0) is 10.5. The molecule has 0 unspecified atom stereocenters. The molecule has 0 rings (SSSR count). The van der Waals surface area contributed by atoms with Crippen LogP contribution in [0.1, 0.15) is 47.0 Å². The SMILES string of the molecule is CCC[C@H](N)CC(=O)OC(C)(C)C. The molecule has 0 fully saturated rings. The zero-order valence-electron chi connectivity index (χ0n) is 9.09. The topological polar surface area (TPSA) is 52.3 Å². The Morgan fingerprint density at radius 1 is 1.46 bits per heavy atom. The third-order valence-corrected chi connectivity index (χ3v) is 1.51. The van der Waals surface area contributed by atoms with Gasteiger partial charge in [0.05, 0.1) is 6.42 Å². The Bertz CT molecular complexity index is 161. The van der Waals surface area contributed by atoms with E-state index in [4.69, 9.17) is 10.5 Å². The van der Waals surface area contributed by atoms with Crippen LogP contribution in [0, 0.1) is 0 Å². The maximum Gasteiger partial charge on any atom is 0.307 e. The molecule has 0 aliphatic rings. The van der Waals surface area contributed by atoms with E-state index in [1.165, 1.54) is 0 Å². The average molecular weight is 187 g/mol. The molecule has 0 aliphatic carbocycles. The highest BCUT2D eigenvalue weighted by molar-refractivity contribution is 5.70. The van der Waals surface area contributed by atoms with Crippen molar-refractivity contribution in [3.63, 3.8) is 0 Å². The largest absolute Gasteiger partial charge is 0.460 e. The van der Waals surface area contributed by atoms with Gasteiger partial charge >= 0.3 is 5.97 Å². The summed E-state index contributed by atoms with van der Waals surface area (Å²) in [5.41, 5.74) is 5.30. The maximum absolute atomic E-state index is 11.2. The number of ether oxygens (including phenoxy) is 1. The fourth-order valence-corrected chi connectivity index (χ4v) is 1.07. The van der Waals surface area contributed by atoms with E-state index in [2.05, 4.69) is 6.92 Å². The number of carbonyl (C=O) groups excluding carboxylic acids is 1. The molecule has 2 N–H and O–H groups in total. The van der Waals surface area contributed by atoms with Crippen LogP contribution in [0.25, 0.3) is 0 Å². The van der Waals surface area contributed by atoms with Gasteiger partial charge in [-0.1, -0.05) is 13.3 Å². The smallest absolute Gasteiger partial charge is 0.307 e. The molecule has 0 spiro atoms. The molecule has 0 saturated carbocycles. The number of carbonyl (C=O) groups is 1. The molecule has 1 atom stereocenters. The van der Waals surface area contributed by atoms with Crippen molar-refractivity contribution in [3.05, 3.63) is 0 Å². The van der Waals surface area contributed by atoms with Gasteiger partial charge in [0.2, 0.25) is 0 Å². The van der Waals surface area contributed by atoms with E-state index in [-0.39, 0.29) is 12.0 Å². The van der Waals surface area contributed by atoms with E-state index in [0.29, 0.717) is 6.42 Å². The summed E-state index contributed by atoms with van der Waals surface area (Å²) >= 11 is 0. The fraction of sp³-hybridized carbons (Fsp3) is 0.900. The van der Waals surface area contributed by atoms with Gasteiger partial charge in [-0.25, -0.2) is 0 Å². The summed E-state index contributed by atoms with van der Waals surface area (Å²) in [4.78, 5) is 11.2. The lowest BCUT2D eigenvalue weighted by Crippen LogP contribution is -2.29. The summed E-state index contributed by atoms with van der Waals surface area (Å²) in [5, 5.41) is 0. The van der Waals surface area contributed by atoms with Gasteiger partial charge in [-0.15, -0.1) is 0 Å². The van der Waals surface area contributed by atoms with E-state index >= 15 is 0 Å². The Morgan fingerprint density at radius 2 is 2.00 bits per heavy atom. The van der Waals surface area contributed by atoms with Crippen molar-refractivity contribution in [3.8, 4) is 0 Å². The summed E-state index contributed by atoms with van der Waals surface area (Å²) in [6.45, 7) is 7.62. The van der Waals surface area contributed by atoms with Gasteiger partial charge in [0.15, 0.2) is 0 Å². The van der Waals surface area contributed by atoms with Gasteiger partial charge < -0.3 is 10.5 Å². The van der Waals surface area contributed by atoms with Crippen molar-refractivity contribution in [1.82, 2.24) is 0 Å². The fourth-order valence-electron chi connectivity index (χ4n) is 1.07. The predicted octanol–water partition coefficient (Wildman–Crippen LogP) is 1.85. The Labute approximate surface area is 80.6 Å². The van der Waals surface area contributed by atoms with Crippen molar-refractivity contribution < 1.29 is 9.53 Å². The lowest BCUT2D eigenvalue weighted by Gasteiger charge is -2.20. The number of rotatable bonds is 4. The van der Waals surface area contributed by atoms with Crippen molar-refractivity contribution >= 4 is 5.97 Å². The van der Waals surface area contributed by atoms with Crippen LogP contribution < -0.4 is 5.73 Å². The lowest BCUT2D eigenvalue weighted by atomic mass is 10.1. The Hall–Kier alpha value is -0.570. The summed E-state index contributed by atoms with van der Waals surface area (Å²) < 4.78 is 5.14. The van der Waals surface area contributed by atoms with Crippen molar-refractivity contribution in [2.75, 3.05) is 0 Å². The number of esters is 1. The van der Waals surface area contributed by atoms with E-state index in [0.717, 1.165) is 12.8 Å². The lowest BCUT2D eigenvalue weighted by molar-refractivity contribution is -0.155. The summed E-state index contributed by atoms with van der Waals surface area (Å²) in [5.74, 6) is -0.201. The second kappa shape index (κ2) is 5.22. The third-order valence-electron chi connectivity index (χ3n) is 1.51. The van der Waals surface area contributed by atoms with Crippen LogP contribution in [0.5, 0.6) is 0 Å². The highest BCUT2D eigenvalue weighted by atomic mass is 16.6. The number of hydrogen-bond donors (Lipinski definition) is 1. The molecular formula is C10H21NO2. The summed E-state index contributed by atoms with van der Waals surface area (Å²) in [6, 6.07) is -0.0557. The Morgan fingerprint density at radius 3 is 2.38 bits per heavy atom. The number of hydrogen-bond acceptors (Lipinski definition) is 3. The molecule has 0 aromatic rings. The summed E-state index contributed by atoms with van der Waals surface area (Å²) in [7, 11) is 0. The third kappa shape index (κ3) is 7.78. The number of nitrogens with two attached hydrogens (primary N) is 1. The van der Waals surface area contributed by atoms with E-state index in [1.807, 2.05) is 20.8 Å². The van der Waals surface area contributed by atoms with Crippen molar-refractivity contribution in [2.45, 2.75) is 58.6 Å². The highest BCUT2D eigenvalue weighted by Gasteiger charge is 2.17. The minimum atomic E-state index is -0.400. The van der Waals surface area contributed by atoms with Crippen LogP contribution in [0.4, 0.5) is 0 Å². The van der Waals surface area contributed by atoms with Crippen LogP contribution in [0.3, 0.4) is 0 Å². The van der Waals surface area contributed by atoms with E-state index in [1.54, 1.807) is 0 Å². The molecule has 0 radical (unpaired) electrons. The van der Waals surface area contributed by atoms with Gasteiger partial charge in [0, 0.05) is 6.04 Å². The molecular weight excluding hydrogens is 166 g/mol. The monoisotopic (exact) mass is 187 g/mol. The van der Waals surface area contributed by atoms with E-state index in [9.17, 15) is 4.79 Å². The average Bonchev–Trinajstić information content (AvgIpc) is 1.81. The van der Waals surface area contributed by atoms with Crippen LogP contribution in [-0.4, -0.2) is 17.6 Å². The molecule has 0 bridgehead atoms. The second-order valence-corrected chi connectivity index (χ2v) is 4.34. The molecule has 3 heteroatoms. The first-order chi connectivity index (χ1) is 5.85. The van der Waals surface area contributed by atoms with Gasteiger partial charge in [0.1, 0.15) is 5.60 Å². The quantitative estimate of drug-likeness (QED) is 0.683. The molecule has 13 heavy (non-hydrogen) atoms. The first-order valence-corrected chi connectivity index (χ1v) is 4.82. The van der Waals surface area contributed by atoms with Crippen LogP contribution >= 0.6 is 0 Å². The molecule has 0 aromatic carbocycles. The predicted molar refractivity (Wildman–Crippen MR) is 53.3 cm³/mol. The first kappa shape index (κ1) is 12.4. The van der Waals surface area contributed by atoms with Gasteiger partial charge in [-0.3, -0.25) is 4.79 Å². The summed E-state index contributed by atoms with van der Waals surface area (Å²) in [6.07, 6.45) is 2.20. The van der Waals surface area contributed by atoms with Gasteiger partial charge in [-0.05, 0) is 27.2 Å². The van der Waals surface area contributed by atoms with Crippen molar-refractivity contribution in [1.29, 1.82) is 0 Å². The van der Waals surface area contributed by atoms with Gasteiger partial charge in [0.25, 0.3) is 0 Å².